The van der Waals surface area contributed by atoms with Gasteiger partial charge in [-0.05, 0) is 62.3 Å². The molecule has 298 valence electrons. The highest BCUT2D eigenvalue weighted by molar-refractivity contribution is 5.81. The maximum absolute atomic E-state index is 12.5. The highest BCUT2D eigenvalue weighted by Gasteiger charge is 2.29. The number of carboxylic acid groups (broad SMARTS) is 1. The molecule has 54 heavy (non-hydrogen) atoms. The number of carbonyl (C=O) groups is 5. The standard InChI is InChI=1S/C38H54N4O12/c1-38(2,3)54-36(47)41-17-19-50-21-23-52-26-34(44)40-16-18-49-20-22-51-25-33(43)39-15-9-8-14-32(35(45)46)42-37(48)53-24-31-29-12-6-4-10-27(29)28-11-5-7-13-30(28)31/h4-7,10-13,31-32H,8-9,14-26H2,1-3H3,(H,39,43)(H,40,44)(H,41,47)(H,42,48)(H,45,46)/t32-/m0/s1. The number of amides is 4. The summed E-state index contributed by atoms with van der Waals surface area (Å²) in [5, 5.41) is 20.0. The fraction of sp³-hybridized carbons (Fsp3) is 0.553. The van der Waals surface area contributed by atoms with Crippen LogP contribution in [0.5, 0.6) is 0 Å². The van der Waals surface area contributed by atoms with Crippen molar-refractivity contribution in [3.05, 3.63) is 59.7 Å². The Kier molecular flexibility index (Phi) is 19.2. The van der Waals surface area contributed by atoms with Crippen LogP contribution in [0.1, 0.15) is 57.1 Å². The van der Waals surface area contributed by atoms with Gasteiger partial charge in [0.2, 0.25) is 11.8 Å². The third-order valence-corrected chi connectivity index (χ3v) is 7.87. The molecule has 4 amide bonds. The smallest absolute Gasteiger partial charge is 0.407 e. The van der Waals surface area contributed by atoms with Gasteiger partial charge in [0.25, 0.3) is 0 Å². The van der Waals surface area contributed by atoms with Crippen LogP contribution in [0.25, 0.3) is 11.1 Å². The van der Waals surface area contributed by atoms with E-state index in [1.165, 1.54) is 0 Å². The van der Waals surface area contributed by atoms with Gasteiger partial charge < -0.3 is 54.8 Å². The number of rotatable bonds is 25. The summed E-state index contributed by atoms with van der Waals surface area (Å²) in [5.41, 5.74) is 3.76. The second-order valence-electron chi connectivity index (χ2n) is 13.3. The minimum Gasteiger partial charge on any atom is -0.480 e. The van der Waals surface area contributed by atoms with E-state index in [1.54, 1.807) is 20.8 Å². The van der Waals surface area contributed by atoms with Gasteiger partial charge in [0.15, 0.2) is 0 Å². The molecule has 1 aliphatic rings. The summed E-state index contributed by atoms with van der Waals surface area (Å²) in [4.78, 5) is 59.7. The van der Waals surface area contributed by atoms with Crippen LogP contribution in [0.4, 0.5) is 9.59 Å². The molecular weight excluding hydrogens is 704 g/mol. The first-order chi connectivity index (χ1) is 25.9. The number of aliphatic carboxylic acids is 1. The molecule has 1 aliphatic carbocycles. The quantitative estimate of drug-likeness (QED) is 0.0927. The van der Waals surface area contributed by atoms with Crippen molar-refractivity contribution in [2.45, 2.75) is 57.6 Å². The third kappa shape index (κ3) is 16.9. The fourth-order valence-electron chi connectivity index (χ4n) is 5.41. The van der Waals surface area contributed by atoms with Gasteiger partial charge in [0.05, 0.1) is 39.6 Å². The van der Waals surface area contributed by atoms with Crippen LogP contribution >= 0.6 is 0 Å². The lowest BCUT2D eigenvalue weighted by molar-refractivity contribution is -0.139. The minimum absolute atomic E-state index is 0.0835. The van der Waals surface area contributed by atoms with Gasteiger partial charge in [-0.1, -0.05) is 48.5 Å². The van der Waals surface area contributed by atoms with Crippen molar-refractivity contribution in [1.82, 2.24) is 21.3 Å². The van der Waals surface area contributed by atoms with Gasteiger partial charge in [-0.15, -0.1) is 0 Å². The minimum atomic E-state index is -1.17. The number of benzene rings is 2. The van der Waals surface area contributed by atoms with Crippen molar-refractivity contribution in [3.63, 3.8) is 0 Å². The molecule has 3 rings (SSSR count). The Morgan fingerprint density at radius 3 is 1.74 bits per heavy atom. The molecule has 16 heteroatoms. The van der Waals surface area contributed by atoms with E-state index in [1.807, 2.05) is 48.5 Å². The van der Waals surface area contributed by atoms with Crippen LogP contribution in [-0.2, 0) is 42.8 Å². The van der Waals surface area contributed by atoms with Crippen LogP contribution in [-0.4, -0.2) is 126 Å². The van der Waals surface area contributed by atoms with E-state index in [0.29, 0.717) is 25.9 Å². The molecular formula is C38H54N4O12. The number of nitrogens with one attached hydrogen (secondary N) is 4. The second kappa shape index (κ2) is 23.8. The lowest BCUT2D eigenvalue weighted by Gasteiger charge is -2.19. The van der Waals surface area contributed by atoms with Crippen molar-refractivity contribution in [2.24, 2.45) is 0 Å². The maximum atomic E-state index is 12.5. The van der Waals surface area contributed by atoms with E-state index >= 15 is 0 Å². The van der Waals surface area contributed by atoms with Gasteiger partial charge in [-0.3, -0.25) is 9.59 Å². The third-order valence-electron chi connectivity index (χ3n) is 7.87. The Labute approximate surface area is 315 Å². The van der Waals surface area contributed by atoms with E-state index in [2.05, 4.69) is 21.3 Å². The predicted octanol–water partition coefficient (Wildman–Crippen LogP) is 2.97. The van der Waals surface area contributed by atoms with Crippen LogP contribution in [0, 0.1) is 0 Å². The normalized spacial score (nSPS) is 12.6. The van der Waals surface area contributed by atoms with Crippen LogP contribution < -0.4 is 21.3 Å². The number of hydrogen-bond acceptors (Lipinski definition) is 11. The van der Waals surface area contributed by atoms with Crippen molar-refractivity contribution in [2.75, 3.05) is 79.1 Å². The summed E-state index contributed by atoms with van der Waals surface area (Å²) in [6, 6.07) is 14.8. The molecule has 0 spiro atoms. The summed E-state index contributed by atoms with van der Waals surface area (Å²) in [5.74, 6) is -1.92. The van der Waals surface area contributed by atoms with E-state index in [4.69, 9.17) is 28.4 Å². The summed E-state index contributed by atoms with van der Waals surface area (Å²) in [7, 11) is 0. The number of unbranched alkanes of at least 4 members (excludes halogenated alkanes) is 1. The summed E-state index contributed by atoms with van der Waals surface area (Å²) < 4.78 is 31.8. The van der Waals surface area contributed by atoms with Crippen molar-refractivity contribution in [1.29, 1.82) is 0 Å². The number of alkyl carbamates (subject to hydrolysis) is 2. The first-order valence-corrected chi connectivity index (χ1v) is 18.1. The van der Waals surface area contributed by atoms with E-state index in [9.17, 15) is 29.1 Å². The highest BCUT2D eigenvalue weighted by atomic mass is 16.6. The monoisotopic (exact) mass is 758 g/mol. The molecule has 0 bridgehead atoms. The summed E-state index contributed by atoms with van der Waals surface area (Å²) in [6.45, 7) is 7.44. The topological polar surface area (TPSA) is 209 Å². The first kappa shape index (κ1) is 43.6. The molecule has 16 nitrogen and oxygen atoms in total. The first-order valence-electron chi connectivity index (χ1n) is 18.1. The van der Waals surface area contributed by atoms with Crippen LogP contribution in [0.2, 0.25) is 0 Å². The largest absolute Gasteiger partial charge is 0.480 e. The van der Waals surface area contributed by atoms with Crippen LogP contribution in [0.15, 0.2) is 48.5 Å². The average Bonchev–Trinajstić information content (AvgIpc) is 3.44. The summed E-state index contributed by atoms with van der Waals surface area (Å²) >= 11 is 0. The number of ether oxygens (including phenoxy) is 6. The fourth-order valence-corrected chi connectivity index (χ4v) is 5.41. The zero-order valence-corrected chi connectivity index (χ0v) is 31.3. The van der Waals surface area contributed by atoms with Crippen molar-refractivity contribution in [3.8, 4) is 11.1 Å². The molecule has 2 aromatic rings. The SMILES string of the molecule is CC(C)(C)OC(=O)NCCOCCOCC(=O)NCCOCCOCC(=O)NCCCC[C@H](NC(=O)OCC1c2ccccc2-c2ccccc21)C(=O)O. The summed E-state index contributed by atoms with van der Waals surface area (Å²) in [6.07, 6.45) is -0.187. The number of hydrogen-bond donors (Lipinski definition) is 5. The van der Waals surface area contributed by atoms with Gasteiger partial charge in [-0.25, -0.2) is 14.4 Å². The van der Waals surface area contributed by atoms with Gasteiger partial charge in [0, 0.05) is 25.6 Å². The van der Waals surface area contributed by atoms with Crippen molar-refractivity contribution < 1.29 is 57.5 Å². The molecule has 1 atom stereocenters. The van der Waals surface area contributed by atoms with Gasteiger partial charge >= 0.3 is 18.2 Å². The number of fused-ring (bicyclic) bond motifs is 3. The van der Waals surface area contributed by atoms with Crippen LogP contribution in [0.3, 0.4) is 0 Å². The Morgan fingerprint density at radius 1 is 0.667 bits per heavy atom. The highest BCUT2D eigenvalue weighted by Crippen LogP contribution is 2.44. The van der Waals surface area contributed by atoms with Gasteiger partial charge in [-0.2, -0.15) is 0 Å². The zero-order valence-electron chi connectivity index (χ0n) is 31.3. The molecule has 0 saturated heterocycles. The molecule has 0 aliphatic heterocycles. The molecule has 0 aromatic heterocycles. The number of carbonyl (C=O) groups excluding carboxylic acids is 4. The van der Waals surface area contributed by atoms with Crippen molar-refractivity contribution >= 4 is 30.0 Å². The Balaban J connectivity index is 1.12. The van der Waals surface area contributed by atoms with Gasteiger partial charge in [0.1, 0.15) is 31.5 Å². The lowest BCUT2D eigenvalue weighted by Crippen LogP contribution is -2.41. The molecule has 2 aromatic carbocycles. The molecule has 0 saturated carbocycles. The van der Waals surface area contributed by atoms with E-state index in [0.717, 1.165) is 22.3 Å². The van der Waals surface area contributed by atoms with E-state index < -0.39 is 29.8 Å². The second-order valence-corrected chi connectivity index (χ2v) is 13.3. The predicted molar refractivity (Wildman–Crippen MR) is 197 cm³/mol. The Bertz CT molecular complexity index is 1450. The lowest BCUT2D eigenvalue weighted by atomic mass is 9.98. The molecule has 0 unspecified atom stereocenters. The van der Waals surface area contributed by atoms with E-state index in [-0.39, 0.29) is 90.2 Å². The molecule has 0 heterocycles. The molecule has 5 N–H and O–H groups in total. The molecule has 0 radical (unpaired) electrons. The average molecular weight is 759 g/mol. The Morgan fingerprint density at radius 2 is 1.19 bits per heavy atom. The number of carboxylic acids is 1. The molecule has 0 fully saturated rings. The zero-order chi connectivity index (χ0) is 39.2. The maximum Gasteiger partial charge on any atom is 0.407 e. The Hall–Kier alpha value is -4.77.